The van der Waals surface area contributed by atoms with Crippen molar-refractivity contribution in [1.29, 1.82) is 0 Å². The molecule has 1 rings (SSSR count). The van der Waals surface area contributed by atoms with E-state index in [1.807, 2.05) is 0 Å². The Bertz CT molecular complexity index is 118. The SMILES string of the molecule is C1=CSSN=NCCCC1. The maximum atomic E-state index is 3.97. The Morgan fingerprint density at radius 3 is 3.30 bits per heavy atom. The number of nitrogens with zero attached hydrogens (tertiary/aromatic N) is 2. The van der Waals surface area contributed by atoms with E-state index in [-0.39, 0.29) is 0 Å². The maximum Gasteiger partial charge on any atom is 0.0716 e. The average molecular weight is 174 g/mol. The minimum atomic E-state index is 0.890. The van der Waals surface area contributed by atoms with Crippen molar-refractivity contribution in [2.75, 3.05) is 6.54 Å². The molecule has 0 spiro atoms. The van der Waals surface area contributed by atoms with Crippen molar-refractivity contribution < 1.29 is 0 Å². The zero-order valence-electron chi connectivity index (χ0n) is 5.69. The van der Waals surface area contributed by atoms with E-state index in [0.29, 0.717) is 0 Å². The lowest BCUT2D eigenvalue weighted by Crippen LogP contribution is -1.78. The van der Waals surface area contributed by atoms with Crippen LogP contribution in [0.15, 0.2) is 21.1 Å². The highest BCUT2D eigenvalue weighted by molar-refractivity contribution is 8.77. The average Bonchev–Trinajstić information content (AvgIpc) is 2.01. The summed E-state index contributed by atoms with van der Waals surface area (Å²) in [5.41, 5.74) is 0. The van der Waals surface area contributed by atoms with Crippen LogP contribution >= 0.6 is 21.8 Å². The Morgan fingerprint density at radius 2 is 2.30 bits per heavy atom. The quantitative estimate of drug-likeness (QED) is 0.415. The van der Waals surface area contributed by atoms with Gasteiger partial charge in [-0.2, -0.15) is 5.11 Å². The van der Waals surface area contributed by atoms with Crippen molar-refractivity contribution in [3.63, 3.8) is 0 Å². The van der Waals surface area contributed by atoms with Crippen molar-refractivity contribution >= 4 is 21.8 Å². The molecule has 1 aliphatic heterocycles. The minimum absolute atomic E-state index is 0.890. The Morgan fingerprint density at radius 1 is 1.30 bits per heavy atom. The molecule has 2 nitrogen and oxygen atoms in total. The molecule has 0 saturated heterocycles. The first-order chi connectivity index (χ1) is 5.00. The second kappa shape index (κ2) is 5.80. The molecule has 0 amide bonds. The van der Waals surface area contributed by atoms with Crippen molar-refractivity contribution in [1.82, 2.24) is 0 Å². The molecule has 0 aromatic rings. The van der Waals surface area contributed by atoms with E-state index in [1.165, 1.54) is 30.2 Å². The topological polar surface area (TPSA) is 24.7 Å². The molecule has 1 aliphatic rings. The van der Waals surface area contributed by atoms with Gasteiger partial charge in [0.2, 0.25) is 0 Å². The van der Waals surface area contributed by atoms with Crippen LogP contribution in [0.2, 0.25) is 0 Å². The number of hydrogen-bond donors (Lipinski definition) is 0. The summed E-state index contributed by atoms with van der Waals surface area (Å²) in [6.45, 7) is 0.890. The maximum absolute atomic E-state index is 3.97. The van der Waals surface area contributed by atoms with E-state index >= 15 is 0 Å². The molecule has 0 aliphatic carbocycles. The summed E-state index contributed by atoms with van der Waals surface area (Å²) in [4.78, 5) is 0. The van der Waals surface area contributed by atoms with Gasteiger partial charge in [0.05, 0.1) is 17.5 Å². The third kappa shape index (κ3) is 3.95. The van der Waals surface area contributed by atoms with Crippen molar-refractivity contribution in [3.8, 4) is 0 Å². The second-order valence-corrected chi connectivity index (χ2v) is 3.79. The van der Waals surface area contributed by atoms with E-state index in [9.17, 15) is 0 Å². The van der Waals surface area contributed by atoms with Crippen LogP contribution in [0.5, 0.6) is 0 Å². The molecule has 56 valence electrons. The predicted molar refractivity (Wildman–Crippen MR) is 47.9 cm³/mol. The largest absolute Gasteiger partial charge is 0.181 e. The summed E-state index contributed by atoms with van der Waals surface area (Å²) in [6.07, 6.45) is 5.78. The van der Waals surface area contributed by atoms with E-state index in [2.05, 4.69) is 21.1 Å². The fourth-order valence-corrected chi connectivity index (χ4v) is 1.73. The van der Waals surface area contributed by atoms with Gasteiger partial charge in [-0.1, -0.05) is 6.08 Å². The third-order valence-corrected chi connectivity index (χ3v) is 2.53. The molecule has 1 heterocycles. The molecule has 10 heavy (non-hydrogen) atoms. The van der Waals surface area contributed by atoms with Crippen LogP contribution in [0.4, 0.5) is 0 Å². The number of allylic oxidation sites excluding steroid dienone is 1. The van der Waals surface area contributed by atoms with E-state index in [1.54, 1.807) is 10.8 Å². The highest BCUT2D eigenvalue weighted by atomic mass is 33.1. The molecule has 0 unspecified atom stereocenters. The standard InChI is InChI=1S/C6H10N2S2/c1-2-4-6-9-10-8-7-5-3-1/h4,6H,1-3,5H2. The number of rotatable bonds is 0. The van der Waals surface area contributed by atoms with Crippen LogP contribution in [0.1, 0.15) is 19.3 Å². The molecule has 0 saturated carbocycles. The summed E-state index contributed by atoms with van der Waals surface area (Å²) in [5, 5.41) is 6.04. The van der Waals surface area contributed by atoms with E-state index in [4.69, 9.17) is 0 Å². The molecular weight excluding hydrogens is 164 g/mol. The second-order valence-electron chi connectivity index (χ2n) is 1.99. The van der Waals surface area contributed by atoms with Gasteiger partial charge in [-0.05, 0) is 35.5 Å². The summed E-state index contributed by atoms with van der Waals surface area (Å²) in [5.74, 6) is 0. The van der Waals surface area contributed by atoms with Gasteiger partial charge >= 0.3 is 0 Å². The van der Waals surface area contributed by atoms with Gasteiger partial charge in [-0.3, -0.25) is 0 Å². The van der Waals surface area contributed by atoms with Crippen LogP contribution in [0.3, 0.4) is 0 Å². The third-order valence-electron chi connectivity index (χ3n) is 1.16. The van der Waals surface area contributed by atoms with Gasteiger partial charge in [0.25, 0.3) is 0 Å². The van der Waals surface area contributed by atoms with E-state index < -0.39 is 0 Å². The van der Waals surface area contributed by atoms with Crippen LogP contribution in [0, 0.1) is 0 Å². The van der Waals surface area contributed by atoms with Crippen molar-refractivity contribution in [2.45, 2.75) is 19.3 Å². The molecule has 0 radical (unpaired) electrons. The normalized spacial score (nSPS) is 20.8. The fraction of sp³-hybridized carbons (Fsp3) is 0.667. The monoisotopic (exact) mass is 174 g/mol. The zero-order valence-corrected chi connectivity index (χ0v) is 7.33. The zero-order chi connectivity index (χ0) is 7.07. The molecule has 0 fully saturated rings. The highest BCUT2D eigenvalue weighted by Gasteiger charge is 1.87. The smallest absolute Gasteiger partial charge is 0.0716 e. The van der Waals surface area contributed by atoms with Crippen LogP contribution in [-0.2, 0) is 0 Å². The molecule has 4 heteroatoms. The Labute approximate surface area is 69.1 Å². The minimum Gasteiger partial charge on any atom is -0.181 e. The van der Waals surface area contributed by atoms with Gasteiger partial charge in [-0.15, -0.1) is 4.52 Å². The summed E-state index contributed by atoms with van der Waals surface area (Å²) >= 11 is 0. The molecule has 0 aromatic carbocycles. The van der Waals surface area contributed by atoms with E-state index in [0.717, 1.165) is 6.54 Å². The Balaban J connectivity index is 2.23. The Kier molecular flexibility index (Phi) is 4.72. The van der Waals surface area contributed by atoms with Gasteiger partial charge in [0.15, 0.2) is 0 Å². The molecule has 0 aromatic heterocycles. The predicted octanol–water partition coefficient (Wildman–Crippen LogP) is 3.43. The van der Waals surface area contributed by atoms with Crippen molar-refractivity contribution in [2.24, 2.45) is 9.63 Å². The molecule has 0 atom stereocenters. The highest BCUT2D eigenvalue weighted by Crippen LogP contribution is 2.24. The summed E-state index contributed by atoms with van der Waals surface area (Å²) in [6, 6.07) is 0. The molecule has 0 bridgehead atoms. The number of hydrogen-bond acceptors (Lipinski definition) is 4. The lowest BCUT2D eigenvalue weighted by molar-refractivity contribution is 0.745. The first-order valence-corrected chi connectivity index (χ1v) is 5.51. The summed E-state index contributed by atoms with van der Waals surface area (Å²) in [7, 11) is 3.07. The first-order valence-electron chi connectivity index (χ1n) is 3.34. The Hall–Kier alpha value is 0.0400. The first kappa shape index (κ1) is 8.14. The lowest BCUT2D eigenvalue weighted by Gasteiger charge is -1.94. The van der Waals surface area contributed by atoms with Gasteiger partial charge in [0.1, 0.15) is 0 Å². The van der Waals surface area contributed by atoms with Crippen LogP contribution in [0.25, 0.3) is 0 Å². The van der Waals surface area contributed by atoms with Crippen LogP contribution < -0.4 is 0 Å². The van der Waals surface area contributed by atoms with Gasteiger partial charge in [-0.25, -0.2) is 0 Å². The fourth-order valence-electron chi connectivity index (χ4n) is 0.661. The van der Waals surface area contributed by atoms with Gasteiger partial charge in [0, 0.05) is 0 Å². The molecular formula is C6H10N2S2. The summed E-state index contributed by atoms with van der Waals surface area (Å²) < 4.78 is 3.89. The van der Waals surface area contributed by atoms with Gasteiger partial charge < -0.3 is 0 Å². The molecule has 0 N–H and O–H groups in total. The van der Waals surface area contributed by atoms with Crippen LogP contribution in [-0.4, -0.2) is 6.54 Å². The van der Waals surface area contributed by atoms with Crippen molar-refractivity contribution in [3.05, 3.63) is 11.5 Å². The lowest BCUT2D eigenvalue weighted by atomic mass is 10.2.